The molecule has 2 rings (SSSR count). The summed E-state index contributed by atoms with van der Waals surface area (Å²) in [6.07, 6.45) is 3.24. The van der Waals surface area contributed by atoms with Gasteiger partial charge in [-0.2, -0.15) is 0 Å². The molecule has 1 amide bonds. The predicted octanol–water partition coefficient (Wildman–Crippen LogP) is 3.88. The van der Waals surface area contributed by atoms with Crippen molar-refractivity contribution in [2.75, 3.05) is 18.1 Å². The topological polar surface area (TPSA) is 79.9 Å². The molecular formula is C19H31IN4O2. The Hall–Kier alpha value is -1.51. The van der Waals surface area contributed by atoms with Crippen molar-refractivity contribution in [1.29, 1.82) is 0 Å². The number of nitrogens with zero attached hydrogens (tertiary/aromatic N) is 2. The van der Waals surface area contributed by atoms with E-state index in [-0.39, 0.29) is 30.1 Å². The number of hydrogen-bond donors (Lipinski definition) is 2. The van der Waals surface area contributed by atoms with Gasteiger partial charge in [0.15, 0.2) is 5.96 Å². The molecule has 0 saturated carbocycles. The number of ether oxygens (including phenoxy) is 1. The van der Waals surface area contributed by atoms with Crippen LogP contribution in [0.5, 0.6) is 0 Å². The summed E-state index contributed by atoms with van der Waals surface area (Å²) in [7, 11) is 0. The number of aliphatic imine (C=N–C) groups is 1. The third-order valence-corrected chi connectivity index (χ3v) is 4.25. The second-order valence-corrected chi connectivity index (χ2v) is 7.00. The number of rotatable bonds is 8. The van der Waals surface area contributed by atoms with E-state index in [1.807, 2.05) is 24.3 Å². The van der Waals surface area contributed by atoms with E-state index in [0.29, 0.717) is 31.7 Å². The van der Waals surface area contributed by atoms with Gasteiger partial charge in [-0.3, -0.25) is 4.90 Å². The van der Waals surface area contributed by atoms with Crippen LogP contribution in [0.1, 0.15) is 45.6 Å². The van der Waals surface area contributed by atoms with Gasteiger partial charge in [0.1, 0.15) is 6.61 Å². The number of halogens is 1. The van der Waals surface area contributed by atoms with Crippen LogP contribution in [0.2, 0.25) is 0 Å². The second kappa shape index (κ2) is 11.3. The number of nitrogens with one attached hydrogen (secondary N) is 1. The normalized spacial score (nSPS) is 15.6. The van der Waals surface area contributed by atoms with Gasteiger partial charge in [0, 0.05) is 11.7 Å². The van der Waals surface area contributed by atoms with E-state index in [0.717, 1.165) is 23.6 Å². The Bertz CT molecular complexity index is 590. The van der Waals surface area contributed by atoms with Gasteiger partial charge < -0.3 is 15.8 Å². The molecule has 1 atom stereocenters. The lowest BCUT2D eigenvalue weighted by Gasteiger charge is -2.15. The number of anilines is 1. The van der Waals surface area contributed by atoms with Crippen molar-refractivity contribution < 1.29 is 9.53 Å². The lowest BCUT2D eigenvalue weighted by atomic mass is 10.0. The minimum absolute atomic E-state index is 0. The van der Waals surface area contributed by atoms with Gasteiger partial charge in [0.05, 0.1) is 13.1 Å². The summed E-state index contributed by atoms with van der Waals surface area (Å²) in [5.74, 6) is 1.22. The first-order valence-corrected chi connectivity index (χ1v) is 9.05. The van der Waals surface area contributed by atoms with Crippen LogP contribution in [0.3, 0.4) is 0 Å². The van der Waals surface area contributed by atoms with E-state index in [1.54, 1.807) is 4.90 Å². The van der Waals surface area contributed by atoms with Crippen molar-refractivity contribution >= 4 is 41.7 Å². The molecule has 0 bridgehead atoms. The molecule has 146 valence electrons. The molecule has 1 aliphatic heterocycles. The smallest absolute Gasteiger partial charge is 0.414 e. The van der Waals surface area contributed by atoms with Crippen molar-refractivity contribution in [2.24, 2.45) is 16.6 Å². The fraction of sp³-hybridized carbons (Fsp3) is 0.579. The average molecular weight is 474 g/mol. The minimum atomic E-state index is -0.286. The molecule has 1 fully saturated rings. The molecule has 6 nitrogen and oxygen atoms in total. The van der Waals surface area contributed by atoms with Gasteiger partial charge in [-0.25, -0.2) is 9.79 Å². The quantitative estimate of drug-likeness (QED) is 0.341. The Kier molecular flexibility index (Phi) is 9.75. The summed E-state index contributed by atoms with van der Waals surface area (Å²) in [5, 5.41) is 3.24. The van der Waals surface area contributed by atoms with E-state index < -0.39 is 0 Å². The standard InChI is InChI=1S/C19H30N4O2.HI/c1-14(2)5-4-6-15(3)22-18(20)21-13-16-7-9-17(10-8-16)23-11-12-25-19(23)24;/h7-10,14-15H,4-6,11-13H2,1-3H3,(H3,20,21,22);1H. The predicted molar refractivity (Wildman–Crippen MR) is 117 cm³/mol. The third kappa shape index (κ3) is 7.39. The molecule has 3 N–H and O–H groups in total. The summed E-state index contributed by atoms with van der Waals surface area (Å²) in [5.41, 5.74) is 7.87. The summed E-state index contributed by atoms with van der Waals surface area (Å²) >= 11 is 0. The van der Waals surface area contributed by atoms with Gasteiger partial charge in [0.2, 0.25) is 0 Å². The van der Waals surface area contributed by atoms with Crippen molar-refractivity contribution in [3.63, 3.8) is 0 Å². The van der Waals surface area contributed by atoms with E-state index in [4.69, 9.17) is 10.5 Å². The van der Waals surface area contributed by atoms with Crippen LogP contribution in [0.4, 0.5) is 10.5 Å². The van der Waals surface area contributed by atoms with Crippen LogP contribution < -0.4 is 16.0 Å². The van der Waals surface area contributed by atoms with Crippen LogP contribution in [0, 0.1) is 5.92 Å². The first-order chi connectivity index (χ1) is 12.0. The Labute approximate surface area is 173 Å². The highest BCUT2D eigenvalue weighted by Crippen LogP contribution is 2.19. The lowest BCUT2D eigenvalue weighted by Crippen LogP contribution is -2.38. The molecular weight excluding hydrogens is 443 g/mol. The molecule has 0 aromatic heterocycles. The van der Waals surface area contributed by atoms with E-state index in [1.165, 1.54) is 12.8 Å². The highest BCUT2D eigenvalue weighted by Gasteiger charge is 2.23. The number of carbonyl (C=O) groups is 1. The fourth-order valence-electron chi connectivity index (χ4n) is 2.79. The number of nitrogens with two attached hydrogens (primary N) is 1. The lowest BCUT2D eigenvalue weighted by molar-refractivity contribution is 0.181. The number of cyclic esters (lactones) is 1. The number of amides is 1. The zero-order valence-corrected chi connectivity index (χ0v) is 18.2. The Morgan fingerprint density at radius 3 is 2.54 bits per heavy atom. The molecule has 1 unspecified atom stereocenters. The van der Waals surface area contributed by atoms with Crippen LogP contribution in [-0.2, 0) is 11.3 Å². The maximum absolute atomic E-state index is 11.5. The molecule has 26 heavy (non-hydrogen) atoms. The van der Waals surface area contributed by atoms with Crippen LogP contribution in [-0.4, -0.2) is 31.2 Å². The number of benzene rings is 1. The van der Waals surface area contributed by atoms with Crippen LogP contribution in [0.15, 0.2) is 29.3 Å². The minimum Gasteiger partial charge on any atom is -0.447 e. The molecule has 1 saturated heterocycles. The molecule has 1 heterocycles. The largest absolute Gasteiger partial charge is 0.447 e. The van der Waals surface area contributed by atoms with Crippen molar-refractivity contribution in [3.05, 3.63) is 29.8 Å². The molecule has 1 aromatic rings. The van der Waals surface area contributed by atoms with Gasteiger partial charge in [-0.15, -0.1) is 24.0 Å². The zero-order chi connectivity index (χ0) is 18.2. The van der Waals surface area contributed by atoms with Crippen molar-refractivity contribution in [3.8, 4) is 0 Å². The van der Waals surface area contributed by atoms with Gasteiger partial charge in [-0.05, 0) is 37.0 Å². The van der Waals surface area contributed by atoms with Crippen LogP contribution in [0.25, 0.3) is 0 Å². The van der Waals surface area contributed by atoms with Gasteiger partial charge >= 0.3 is 6.09 Å². The molecule has 1 aliphatic rings. The summed E-state index contributed by atoms with van der Waals surface area (Å²) in [4.78, 5) is 17.6. The summed E-state index contributed by atoms with van der Waals surface area (Å²) < 4.78 is 4.95. The van der Waals surface area contributed by atoms with E-state index >= 15 is 0 Å². The van der Waals surface area contributed by atoms with E-state index in [2.05, 4.69) is 31.1 Å². The molecule has 0 spiro atoms. The SMILES string of the molecule is CC(C)CCCC(C)NC(N)=NCc1ccc(N2CCOC2=O)cc1.I. The maximum atomic E-state index is 11.5. The van der Waals surface area contributed by atoms with Crippen molar-refractivity contribution in [1.82, 2.24) is 5.32 Å². The summed E-state index contributed by atoms with van der Waals surface area (Å²) in [6.45, 7) is 8.18. The monoisotopic (exact) mass is 474 g/mol. The summed E-state index contributed by atoms with van der Waals surface area (Å²) in [6, 6.07) is 8.07. The van der Waals surface area contributed by atoms with Gasteiger partial charge in [0.25, 0.3) is 0 Å². The Morgan fingerprint density at radius 1 is 1.27 bits per heavy atom. The Balaban J connectivity index is 0.00000338. The first-order valence-electron chi connectivity index (χ1n) is 9.05. The third-order valence-electron chi connectivity index (χ3n) is 4.25. The van der Waals surface area contributed by atoms with Gasteiger partial charge in [-0.1, -0.05) is 38.8 Å². The van der Waals surface area contributed by atoms with Crippen LogP contribution >= 0.6 is 24.0 Å². The first kappa shape index (κ1) is 22.5. The molecule has 0 aliphatic carbocycles. The molecule has 0 radical (unpaired) electrons. The molecule has 1 aromatic carbocycles. The average Bonchev–Trinajstić information content (AvgIpc) is 2.99. The maximum Gasteiger partial charge on any atom is 0.414 e. The van der Waals surface area contributed by atoms with E-state index in [9.17, 15) is 4.79 Å². The Morgan fingerprint density at radius 2 is 1.96 bits per heavy atom. The zero-order valence-electron chi connectivity index (χ0n) is 15.9. The van der Waals surface area contributed by atoms with Crippen molar-refractivity contribution in [2.45, 2.75) is 52.6 Å². The number of hydrogen-bond acceptors (Lipinski definition) is 3. The highest BCUT2D eigenvalue weighted by molar-refractivity contribution is 14.0. The fourth-order valence-corrected chi connectivity index (χ4v) is 2.79. The number of guanidine groups is 1. The molecule has 7 heteroatoms. The second-order valence-electron chi connectivity index (χ2n) is 7.00. The highest BCUT2D eigenvalue weighted by atomic mass is 127. The number of carbonyl (C=O) groups excluding carboxylic acids is 1.